The number of aromatic nitrogens is 3. The number of nitrogens with two attached hydrogens (primary N) is 1. The summed E-state index contributed by atoms with van der Waals surface area (Å²) in [5, 5.41) is 8.42. The van der Waals surface area contributed by atoms with E-state index in [0.29, 0.717) is 18.2 Å². The molecule has 1 fully saturated rings. The highest BCUT2D eigenvalue weighted by Gasteiger charge is 2.19. The van der Waals surface area contributed by atoms with E-state index in [1.54, 1.807) is 0 Å². The number of aryl methyl sites for hydroxylation is 2. The normalized spacial score (nSPS) is 15.7. The Bertz CT molecular complexity index is 764. The van der Waals surface area contributed by atoms with E-state index in [0.717, 1.165) is 43.9 Å². The number of nitrogens with zero attached hydrogens (tertiary/aromatic N) is 4. The van der Waals surface area contributed by atoms with Gasteiger partial charge in [0.25, 0.3) is 5.56 Å². The predicted octanol–water partition coefficient (Wildman–Crippen LogP) is 0.529. The Morgan fingerprint density at radius 3 is 2.50 bits per heavy atom. The van der Waals surface area contributed by atoms with Crippen molar-refractivity contribution in [1.29, 1.82) is 0 Å². The largest absolute Gasteiger partial charge is 0.338 e. The fraction of sp³-hybridized carbons (Fsp3) is 0.471. The van der Waals surface area contributed by atoms with Crippen LogP contribution in [0.4, 0.5) is 5.95 Å². The second-order valence-electron chi connectivity index (χ2n) is 6.24. The van der Waals surface area contributed by atoms with Gasteiger partial charge in [0.15, 0.2) is 5.69 Å². The van der Waals surface area contributed by atoms with E-state index in [-0.39, 0.29) is 5.56 Å². The second kappa shape index (κ2) is 7.11. The van der Waals surface area contributed by atoms with Gasteiger partial charge in [-0.25, -0.2) is 0 Å². The first kappa shape index (κ1) is 16.6. The van der Waals surface area contributed by atoms with E-state index >= 15 is 0 Å². The first-order chi connectivity index (χ1) is 11.6. The lowest BCUT2D eigenvalue weighted by atomic mass is 10.0. The van der Waals surface area contributed by atoms with Gasteiger partial charge in [-0.3, -0.25) is 14.7 Å². The Kier molecular flexibility index (Phi) is 4.92. The van der Waals surface area contributed by atoms with Gasteiger partial charge in [-0.1, -0.05) is 12.1 Å². The molecule has 1 aliphatic rings. The summed E-state index contributed by atoms with van der Waals surface area (Å²) in [6, 6.07) is 5.88. The van der Waals surface area contributed by atoms with Crippen molar-refractivity contribution in [3.05, 3.63) is 39.7 Å². The zero-order chi connectivity index (χ0) is 17.1. The zero-order valence-electron chi connectivity index (χ0n) is 14.2. The van der Waals surface area contributed by atoms with Crippen LogP contribution in [0.2, 0.25) is 0 Å². The monoisotopic (exact) mass is 328 g/mol. The van der Waals surface area contributed by atoms with Crippen molar-refractivity contribution in [2.24, 2.45) is 5.73 Å². The average Bonchev–Trinajstić information content (AvgIpc) is 2.58. The molecule has 0 radical (unpaired) electrons. The number of hydrogen-bond donors (Lipinski definition) is 2. The highest BCUT2D eigenvalue weighted by molar-refractivity contribution is 5.59. The fourth-order valence-corrected chi connectivity index (χ4v) is 2.91. The van der Waals surface area contributed by atoms with E-state index in [2.05, 4.69) is 25.0 Å². The van der Waals surface area contributed by atoms with E-state index in [4.69, 9.17) is 5.73 Å². The molecule has 3 N–H and O–H groups in total. The average molecular weight is 328 g/mol. The van der Waals surface area contributed by atoms with Crippen LogP contribution in [0, 0.1) is 13.8 Å². The minimum absolute atomic E-state index is 0.201. The minimum Gasteiger partial charge on any atom is -0.338 e. The number of piperazine rings is 1. The molecule has 1 saturated heterocycles. The van der Waals surface area contributed by atoms with Crippen LogP contribution in [-0.4, -0.2) is 59.3 Å². The minimum atomic E-state index is -0.201. The molecule has 0 unspecified atom stereocenters. The predicted molar refractivity (Wildman–Crippen MR) is 95.3 cm³/mol. The number of benzene rings is 1. The lowest BCUT2D eigenvalue weighted by Crippen LogP contribution is -2.48. The van der Waals surface area contributed by atoms with E-state index in [1.807, 2.05) is 32.0 Å². The van der Waals surface area contributed by atoms with Crippen LogP contribution in [0.25, 0.3) is 11.3 Å². The van der Waals surface area contributed by atoms with Gasteiger partial charge < -0.3 is 10.6 Å². The molecule has 0 saturated carbocycles. The highest BCUT2D eigenvalue weighted by Crippen LogP contribution is 2.17. The van der Waals surface area contributed by atoms with Gasteiger partial charge >= 0.3 is 0 Å². The lowest BCUT2D eigenvalue weighted by molar-refractivity contribution is 0.263. The van der Waals surface area contributed by atoms with Crippen molar-refractivity contribution in [3.63, 3.8) is 0 Å². The van der Waals surface area contributed by atoms with Crippen molar-refractivity contribution in [2.75, 3.05) is 44.2 Å². The Balaban J connectivity index is 1.78. The number of nitrogens with one attached hydrogen (secondary N) is 1. The van der Waals surface area contributed by atoms with Crippen LogP contribution in [0.5, 0.6) is 0 Å². The van der Waals surface area contributed by atoms with Gasteiger partial charge in [0, 0.05) is 44.8 Å². The summed E-state index contributed by atoms with van der Waals surface area (Å²) < 4.78 is 0. The van der Waals surface area contributed by atoms with Crippen LogP contribution < -0.4 is 16.2 Å². The molecule has 2 aromatic rings. The maximum absolute atomic E-state index is 12.4. The molecule has 0 amide bonds. The van der Waals surface area contributed by atoms with Gasteiger partial charge in [0.1, 0.15) is 0 Å². The summed E-state index contributed by atoms with van der Waals surface area (Å²) in [6.07, 6.45) is 0. The molecule has 1 aliphatic heterocycles. The Labute approximate surface area is 141 Å². The number of aromatic amines is 1. The highest BCUT2D eigenvalue weighted by atomic mass is 16.1. The number of anilines is 1. The molecular weight excluding hydrogens is 304 g/mol. The maximum Gasteiger partial charge on any atom is 0.279 e. The molecule has 24 heavy (non-hydrogen) atoms. The molecule has 1 aromatic heterocycles. The molecule has 7 nitrogen and oxygen atoms in total. The van der Waals surface area contributed by atoms with E-state index in [1.165, 1.54) is 5.56 Å². The third-order valence-corrected chi connectivity index (χ3v) is 4.58. The van der Waals surface area contributed by atoms with Crippen LogP contribution in [-0.2, 0) is 0 Å². The van der Waals surface area contributed by atoms with Gasteiger partial charge in [0.2, 0.25) is 5.95 Å². The fourth-order valence-electron chi connectivity index (χ4n) is 2.91. The van der Waals surface area contributed by atoms with E-state index in [9.17, 15) is 4.79 Å². The molecule has 0 spiro atoms. The molecular formula is C17H24N6O. The standard InChI is InChI=1S/C17H24N6O/c1-12-3-4-14(11-13(12)2)15-16(24)19-17(21-20-15)23-9-7-22(6-5-18)8-10-23/h3-4,11H,5-10,18H2,1-2H3,(H,19,21,24). The summed E-state index contributed by atoms with van der Waals surface area (Å²) >= 11 is 0. The Hall–Kier alpha value is -2.25. The van der Waals surface area contributed by atoms with Gasteiger partial charge in [0.05, 0.1) is 0 Å². The summed E-state index contributed by atoms with van der Waals surface area (Å²) in [5.41, 5.74) is 8.88. The first-order valence-corrected chi connectivity index (χ1v) is 8.30. The molecule has 0 bridgehead atoms. The van der Waals surface area contributed by atoms with Crippen molar-refractivity contribution in [3.8, 4) is 11.3 Å². The number of hydrogen-bond acceptors (Lipinski definition) is 6. The van der Waals surface area contributed by atoms with Crippen molar-refractivity contribution < 1.29 is 0 Å². The summed E-state index contributed by atoms with van der Waals surface area (Å²) in [5.74, 6) is 0.542. The topological polar surface area (TPSA) is 91.1 Å². The SMILES string of the molecule is Cc1ccc(-c2nnc(N3CCN(CCN)CC3)[nH]c2=O)cc1C. The van der Waals surface area contributed by atoms with Crippen molar-refractivity contribution in [1.82, 2.24) is 20.1 Å². The molecule has 128 valence electrons. The molecule has 2 heterocycles. The first-order valence-electron chi connectivity index (χ1n) is 8.30. The Morgan fingerprint density at radius 2 is 1.88 bits per heavy atom. The maximum atomic E-state index is 12.4. The molecule has 7 heteroatoms. The van der Waals surface area contributed by atoms with E-state index < -0.39 is 0 Å². The van der Waals surface area contributed by atoms with Gasteiger partial charge in [-0.2, -0.15) is 0 Å². The van der Waals surface area contributed by atoms with Gasteiger partial charge in [-0.15, -0.1) is 10.2 Å². The van der Waals surface area contributed by atoms with Crippen LogP contribution in [0.15, 0.2) is 23.0 Å². The Morgan fingerprint density at radius 1 is 1.12 bits per heavy atom. The van der Waals surface area contributed by atoms with Crippen LogP contribution in [0.3, 0.4) is 0 Å². The number of rotatable bonds is 4. The molecule has 0 atom stereocenters. The lowest BCUT2D eigenvalue weighted by Gasteiger charge is -2.34. The third-order valence-electron chi connectivity index (χ3n) is 4.58. The number of H-pyrrole nitrogens is 1. The van der Waals surface area contributed by atoms with Crippen molar-refractivity contribution in [2.45, 2.75) is 13.8 Å². The summed E-state index contributed by atoms with van der Waals surface area (Å²) in [7, 11) is 0. The quantitative estimate of drug-likeness (QED) is 0.851. The summed E-state index contributed by atoms with van der Waals surface area (Å²) in [6.45, 7) is 9.10. The smallest absolute Gasteiger partial charge is 0.279 e. The third kappa shape index (κ3) is 3.47. The van der Waals surface area contributed by atoms with Crippen molar-refractivity contribution >= 4 is 5.95 Å². The second-order valence-corrected chi connectivity index (χ2v) is 6.24. The molecule has 3 rings (SSSR count). The molecule has 0 aliphatic carbocycles. The van der Waals surface area contributed by atoms with Gasteiger partial charge in [-0.05, 0) is 31.0 Å². The van der Waals surface area contributed by atoms with Crippen LogP contribution >= 0.6 is 0 Å². The van der Waals surface area contributed by atoms with Crippen LogP contribution in [0.1, 0.15) is 11.1 Å². The summed E-state index contributed by atoms with van der Waals surface area (Å²) in [4.78, 5) is 19.7. The zero-order valence-corrected chi connectivity index (χ0v) is 14.2. The molecule has 1 aromatic carbocycles.